The number of nitrogens with one attached hydrogen (secondary N) is 2. The Kier molecular flexibility index (Phi) is 7.02. The first-order chi connectivity index (χ1) is 11.2. The average Bonchev–Trinajstić information content (AvgIpc) is 2.56. The molecule has 1 aromatic heterocycles. The topological polar surface area (TPSA) is 57.3 Å². The number of hydrogen-bond donors (Lipinski definition) is 2. The molecule has 1 saturated heterocycles. The van der Waals surface area contributed by atoms with Gasteiger partial charge >= 0.3 is 0 Å². The minimum Gasteiger partial charge on any atom is -0.368 e. The number of amides is 1. The Bertz CT molecular complexity index is 675. The van der Waals surface area contributed by atoms with E-state index in [9.17, 15) is 4.79 Å². The Labute approximate surface area is 156 Å². The van der Waals surface area contributed by atoms with E-state index in [-0.39, 0.29) is 18.3 Å². The van der Waals surface area contributed by atoms with Crippen molar-refractivity contribution in [2.45, 2.75) is 6.42 Å². The Morgan fingerprint density at radius 2 is 2.04 bits per heavy atom. The number of nitrogens with zero attached hydrogens (tertiary/aromatic N) is 2. The highest BCUT2D eigenvalue weighted by atomic mass is 79.9. The first kappa shape index (κ1) is 18.7. The average molecular weight is 412 g/mol. The third kappa shape index (κ3) is 5.19. The standard InChI is InChI=1S/C17H19BrN4O.ClH/c18-14-3-1-2-13(10-14)11-17(23)21-16-5-4-15(12-20-16)22-8-6-19-7-9-22;/h1-5,10,12,19H,6-9,11H2,(H,20,21,23);1H. The van der Waals surface area contributed by atoms with Gasteiger partial charge in [-0.15, -0.1) is 12.4 Å². The second-order valence-electron chi connectivity index (χ2n) is 5.49. The maximum atomic E-state index is 12.1. The van der Waals surface area contributed by atoms with E-state index in [1.54, 1.807) is 0 Å². The monoisotopic (exact) mass is 410 g/mol. The van der Waals surface area contributed by atoms with Crippen LogP contribution in [0.5, 0.6) is 0 Å². The number of carbonyl (C=O) groups excluding carboxylic acids is 1. The molecule has 24 heavy (non-hydrogen) atoms. The normalized spacial score (nSPS) is 14.0. The highest BCUT2D eigenvalue weighted by molar-refractivity contribution is 9.10. The summed E-state index contributed by atoms with van der Waals surface area (Å²) >= 11 is 3.41. The number of carbonyl (C=O) groups is 1. The van der Waals surface area contributed by atoms with Gasteiger partial charge in [0.05, 0.1) is 18.3 Å². The van der Waals surface area contributed by atoms with E-state index in [0.717, 1.165) is 41.9 Å². The van der Waals surface area contributed by atoms with Crippen molar-refractivity contribution < 1.29 is 4.79 Å². The zero-order chi connectivity index (χ0) is 16.1. The van der Waals surface area contributed by atoms with Crippen LogP contribution >= 0.6 is 28.3 Å². The summed E-state index contributed by atoms with van der Waals surface area (Å²) in [6, 6.07) is 11.6. The molecule has 1 aliphatic heterocycles. The van der Waals surface area contributed by atoms with Gasteiger partial charge in [0, 0.05) is 30.7 Å². The molecule has 2 N–H and O–H groups in total. The fourth-order valence-corrected chi connectivity index (χ4v) is 3.04. The highest BCUT2D eigenvalue weighted by Gasteiger charge is 2.11. The molecule has 128 valence electrons. The summed E-state index contributed by atoms with van der Waals surface area (Å²) in [5.74, 6) is 0.523. The molecule has 1 fully saturated rings. The summed E-state index contributed by atoms with van der Waals surface area (Å²) in [6.07, 6.45) is 2.15. The second-order valence-corrected chi connectivity index (χ2v) is 6.41. The van der Waals surface area contributed by atoms with Gasteiger partial charge in [-0.2, -0.15) is 0 Å². The van der Waals surface area contributed by atoms with Crippen molar-refractivity contribution in [1.82, 2.24) is 10.3 Å². The largest absolute Gasteiger partial charge is 0.368 e. The van der Waals surface area contributed by atoms with Crippen molar-refractivity contribution in [3.8, 4) is 0 Å². The zero-order valence-corrected chi connectivity index (χ0v) is 15.6. The molecule has 0 aliphatic carbocycles. The lowest BCUT2D eigenvalue weighted by molar-refractivity contribution is -0.115. The fraction of sp³-hybridized carbons (Fsp3) is 0.294. The number of hydrogen-bond acceptors (Lipinski definition) is 4. The molecule has 1 aliphatic rings. The lowest BCUT2D eigenvalue weighted by Gasteiger charge is -2.29. The lowest BCUT2D eigenvalue weighted by atomic mass is 10.1. The molecule has 5 nitrogen and oxygen atoms in total. The molecule has 2 heterocycles. The molecule has 2 aromatic rings. The van der Waals surface area contributed by atoms with Gasteiger partial charge < -0.3 is 15.5 Å². The van der Waals surface area contributed by atoms with Crippen LogP contribution in [0, 0.1) is 0 Å². The van der Waals surface area contributed by atoms with Crippen molar-refractivity contribution in [2.75, 3.05) is 36.4 Å². The van der Waals surface area contributed by atoms with E-state index in [0.29, 0.717) is 12.2 Å². The molecule has 0 saturated carbocycles. The zero-order valence-electron chi connectivity index (χ0n) is 13.2. The predicted octanol–water partition coefficient (Wildman–Crippen LogP) is 2.86. The SMILES string of the molecule is Cl.O=C(Cc1cccc(Br)c1)Nc1ccc(N2CCNCC2)cn1. The van der Waals surface area contributed by atoms with E-state index in [2.05, 4.69) is 36.4 Å². The molecule has 0 radical (unpaired) electrons. The number of aromatic nitrogens is 1. The minimum absolute atomic E-state index is 0. The highest BCUT2D eigenvalue weighted by Crippen LogP contribution is 2.16. The number of piperazine rings is 1. The van der Waals surface area contributed by atoms with E-state index in [1.165, 1.54) is 0 Å². The van der Waals surface area contributed by atoms with Crippen LogP contribution in [0.25, 0.3) is 0 Å². The fourth-order valence-electron chi connectivity index (χ4n) is 2.59. The molecule has 1 amide bonds. The first-order valence-corrected chi connectivity index (χ1v) is 8.46. The van der Waals surface area contributed by atoms with Gasteiger partial charge in [0.25, 0.3) is 0 Å². The number of halogens is 2. The summed E-state index contributed by atoms with van der Waals surface area (Å²) in [7, 11) is 0. The van der Waals surface area contributed by atoms with E-state index in [1.807, 2.05) is 42.6 Å². The Balaban J connectivity index is 0.00000208. The molecule has 7 heteroatoms. The van der Waals surface area contributed by atoms with Gasteiger partial charge in [0.15, 0.2) is 0 Å². The van der Waals surface area contributed by atoms with Crippen LogP contribution in [-0.4, -0.2) is 37.1 Å². The minimum atomic E-state index is -0.0643. The molecule has 3 rings (SSSR count). The molecular formula is C17H20BrClN4O. The van der Waals surface area contributed by atoms with E-state index in [4.69, 9.17) is 0 Å². The third-order valence-electron chi connectivity index (χ3n) is 3.75. The van der Waals surface area contributed by atoms with Crippen LogP contribution < -0.4 is 15.5 Å². The van der Waals surface area contributed by atoms with Gasteiger partial charge in [-0.1, -0.05) is 28.1 Å². The summed E-state index contributed by atoms with van der Waals surface area (Å²) in [4.78, 5) is 18.7. The molecule has 1 aromatic carbocycles. The molecule has 0 bridgehead atoms. The Hall–Kier alpha value is -1.63. The number of pyridine rings is 1. The van der Waals surface area contributed by atoms with Crippen LogP contribution in [0.4, 0.5) is 11.5 Å². The van der Waals surface area contributed by atoms with E-state index < -0.39 is 0 Å². The maximum Gasteiger partial charge on any atom is 0.229 e. The summed E-state index contributed by atoms with van der Waals surface area (Å²) in [5, 5.41) is 6.17. The quantitative estimate of drug-likeness (QED) is 0.812. The van der Waals surface area contributed by atoms with Crippen LogP contribution in [0.3, 0.4) is 0 Å². The first-order valence-electron chi connectivity index (χ1n) is 7.67. The van der Waals surface area contributed by atoms with Crippen molar-refractivity contribution in [2.24, 2.45) is 0 Å². The summed E-state index contributed by atoms with van der Waals surface area (Å²) in [6.45, 7) is 3.95. The van der Waals surface area contributed by atoms with Crippen molar-refractivity contribution in [3.63, 3.8) is 0 Å². The smallest absolute Gasteiger partial charge is 0.229 e. The van der Waals surface area contributed by atoms with Gasteiger partial charge in [-0.3, -0.25) is 4.79 Å². The van der Waals surface area contributed by atoms with Crippen LogP contribution in [0.2, 0.25) is 0 Å². The number of anilines is 2. The van der Waals surface area contributed by atoms with E-state index >= 15 is 0 Å². The Morgan fingerprint density at radius 1 is 1.25 bits per heavy atom. The van der Waals surface area contributed by atoms with Gasteiger partial charge in [0.1, 0.15) is 5.82 Å². The van der Waals surface area contributed by atoms with Crippen molar-refractivity contribution in [1.29, 1.82) is 0 Å². The molecule has 0 unspecified atom stereocenters. The van der Waals surface area contributed by atoms with Crippen molar-refractivity contribution >= 4 is 45.7 Å². The third-order valence-corrected chi connectivity index (χ3v) is 4.24. The van der Waals surface area contributed by atoms with Gasteiger partial charge in [-0.25, -0.2) is 4.98 Å². The van der Waals surface area contributed by atoms with Crippen LogP contribution in [0.15, 0.2) is 47.1 Å². The van der Waals surface area contributed by atoms with Gasteiger partial charge in [-0.05, 0) is 29.8 Å². The predicted molar refractivity (Wildman–Crippen MR) is 103 cm³/mol. The van der Waals surface area contributed by atoms with Gasteiger partial charge in [0.2, 0.25) is 5.91 Å². The van der Waals surface area contributed by atoms with Crippen molar-refractivity contribution in [3.05, 3.63) is 52.6 Å². The lowest BCUT2D eigenvalue weighted by Crippen LogP contribution is -2.43. The van der Waals surface area contributed by atoms with Crippen LogP contribution in [-0.2, 0) is 11.2 Å². The second kappa shape index (κ2) is 9.01. The number of rotatable bonds is 4. The maximum absolute atomic E-state index is 12.1. The summed E-state index contributed by atoms with van der Waals surface area (Å²) < 4.78 is 0.973. The Morgan fingerprint density at radius 3 is 2.71 bits per heavy atom. The molecular weight excluding hydrogens is 392 g/mol. The molecule has 0 spiro atoms. The van der Waals surface area contributed by atoms with Crippen LogP contribution in [0.1, 0.15) is 5.56 Å². The molecule has 0 atom stereocenters. The number of benzene rings is 1. The summed E-state index contributed by atoms with van der Waals surface area (Å²) in [5.41, 5.74) is 2.06.